The molecule has 4 heteroatoms. The molecule has 17 heavy (non-hydrogen) atoms. The maximum Gasteiger partial charge on any atom is 0.151 e. The topological polar surface area (TPSA) is 46.2 Å². The minimum atomic E-state index is -2.94. The second-order valence-electron chi connectivity index (χ2n) is 6.27. The summed E-state index contributed by atoms with van der Waals surface area (Å²) in [4.78, 5) is 0. The van der Waals surface area contributed by atoms with Gasteiger partial charge in [0.25, 0.3) is 0 Å². The van der Waals surface area contributed by atoms with Gasteiger partial charge in [-0.2, -0.15) is 0 Å². The first-order valence-electron chi connectivity index (χ1n) is 6.52. The standard InChI is InChI=1S/C13H29NO2S/c1-7-14-12(13(4,5)6)10-17(15,16)9-8-11(2)3/h11-12,14H,7-10H2,1-6H3. The Bertz CT molecular complexity index is 302. The van der Waals surface area contributed by atoms with Crippen molar-refractivity contribution in [3.8, 4) is 0 Å². The number of rotatable bonds is 7. The van der Waals surface area contributed by atoms with Crippen molar-refractivity contribution in [3.05, 3.63) is 0 Å². The van der Waals surface area contributed by atoms with Crippen LogP contribution in [0, 0.1) is 11.3 Å². The van der Waals surface area contributed by atoms with Gasteiger partial charge in [0.05, 0.1) is 11.5 Å². The summed E-state index contributed by atoms with van der Waals surface area (Å²) in [5.74, 6) is 0.997. The Morgan fingerprint density at radius 2 is 1.71 bits per heavy atom. The van der Waals surface area contributed by atoms with Crippen molar-refractivity contribution in [2.24, 2.45) is 11.3 Å². The average Bonchev–Trinajstić information content (AvgIpc) is 2.13. The van der Waals surface area contributed by atoms with Crippen molar-refractivity contribution in [3.63, 3.8) is 0 Å². The molecule has 1 N–H and O–H groups in total. The van der Waals surface area contributed by atoms with E-state index in [0.717, 1.165) is 13.0 Å². The summed E-state index contributed by atoms with van der Waals surface area (Å²) in [7, 11) is -2.94. The molecule has 0 bridgehead atoms. The zero-order valence-corrected chi connectivity index (χ0v) is 13.0. The van der Waals surface area contributed by atoms with E-state index in [4.69, 9.17) is 0 Å². The summed E-state index contributed by atoms with van der Waals surface area (Å²) in [5.41, 5.74) is -0.0269. The van der Waals surface area contributed by atoms with E-state index < -0.39 is 9.84 Å². The molecule has 0 aromatic heterocycles. The molecule has 0 spiro atoms. The molecule has 1 atom stereocenters. The highest BCUT2D eigenvalue weighted by Crippen LogP contribution is 2.21. The van der Waals surface area contributed by atoms with Crippen LogP contribution in [0.4, 0.5) is 0 Å². The smallest absolute Gasteiger partial charge is 0.151 e. The number of nitrogens with one attached hydrogen (secondary N) is 1. The molecule has 0 amide bonds. The van der Waals surface area contributed by atoms with Gasteiger partial charge in [0, 0.05) is 6.04 Å². The SMILES string of the molecule is CCNC(CS(=O)(=O)CCC(C)C)C(C)(C)C. The van der Waals surface area contributed by atoms with Crippen molar-refractivity contribution in [1.82, 2.24) is 5.32 Å². The highest BCUT2D eigenvalue weighted by atomic mass is 32.2. The third kappa shape index (κ3) is 7.77. The third-order valence-corrected chi connectivity index (χ3v) is 4.62. The van der Waals surface area contributed by atoms with E-state index in [1.807, 2.05) is 6.92 Å². The highest BCUT2D eigenvalue weighted by molar-refractivity contribution is 7.91. The summed E-state index contributed by atoms with van der Waals surface area (Å²) in [6.45, 7) is 13.2. The van der Waals surface area contributed by atoms with Gasteiger partial charge in [0.1, 0.15) is 0 Å². The molecule has 0 radical (unpaired) electrons. The number of sulfone groups is 1. The molecular formula is C13H29NO2S. The van der Waals surface area contributed by atoms with Gasteiger partial charge >= 0.3 is 0 Å². The Balaban J connectivity index is 4.54. The molecule has 0 aromatic carbocycles. The largest absolute Gasteiger partial charge is 0.313 e. The lowest BCUT2D eigenvalue weighted by atomic mass is 9.88. The molecule has 0 aliphatic carbocycles. The van der Waals surface area contributed by atoms with Crippen LogP contribution >= 0.6 is 0 Å². The Kier molecular flexibility index (Phi) is 6.70. The second-order valence-corrected chi connectivity index (χ2v) is 8.50. The predicted octanol–water partition coefficient (Wildman–Crippen LogP) is 2.47. The van der Waals surface area contributed by atoms with E-state index in [2.05, 4.69) is 39.9 Å². The lowest BCUT2D eigenvalue weighted by molar-refractivity contribution is 0.292. The van der Waals surface area contributed by atoms with Gasteiger partial charge in [-0.15, -0.1) is 0 Å². The molecule has 0 aliphatic rings. The first-order chi connectivity index (χ1) is 7.58. The van der Waals surface area contributed by atoms with Gasteiger partial charge in [-0.3, -0.25) is 0 Å². The lowest BCUT2D eigenvalue weighted by Gasteiger charge is -2.31. The van der Waals surface area contributed by atoms with Crippen molar-refractivity contribution in [2.45, 2.75) is 54.0 Å². The van der Waals surface area contributed by atoms with Crippen LogP contribution in [-0.4, -0.2) is 32.5 Å². The molecule has 0 rings (SSSR count). The summed E-state index contributed by atoms with van der Waals surface area (Å²) in [6, 6.07) is 0.0321. The quantitative estimate of drug-likeness (QED) is 0.767. The zero-order chi connectivity index (χ0) is 13.7. The van der Waals surface area contributed by atoms with Crippen LogP contribution in [-0.2, 0) is 9.84 Å². The Morgan fingerprint density at radius 1 is 1.18 bits per heavy atom. The fourth-order valence-corrected chi connectivity index (χ4v) is 3.74. The van der Waals surface area contributed by atoms with Crippen molar-refractivity contribution in [1.29, 1.82) is 0 Å². The molecular weight excluding hydrogens is 234 g/mol. The molecule has 0 aromatic rings. The number of hydrogen-bond donors (Lipinski definition) is 1. The van der Waals surface area contributed by atoms with Gasteiger partial charge in [-0.05, 0) is 24.3 Å². The van der Waals surface area contributed by atoms with Crippen molar-refractivity contribution < 1.29 is 8.42 Å². The first kappa shape index (κ1) is 16.9. The van der Waals surface area contributed by atoms with Crippen LogP contribution in [0.3, 0.4) is 0 Å². The van der Waals surface area contributed by atoms with Crippen LogP contribution in [0.15, 0.2) is 0 Å². The maximum absolute atomic E-state index is 12.0. The molecule has 3 nitrogen and oxygen atoms in total. The molecule has 0 saturated carbocycles. The molecule has 0 aliphatic heterocycles. The van der Waals surface area contributed by atoms with Crippen LogP contribution < -0.4 is 5.32 Å². The molecule has 104 valence electrons. The summed E-state index contributed by atoms with van der Waals surface area (Å²) < 4.78 is 24.1. The lowest BCUT2D eigenvalue weighted by Crippen LogP contribution is -2.45. The monoisotopic (exact) mass is 263 g/mol. The van der Waals surface area contributed by atoms with Gasteiger partial charge in [0.15, 0.2) is 9.84 Å². The van der Waals surface area contributed by atoms with Gasteiger partial charge in [0.2, 0.25) is 0 Å². The van der Waals surface area contributed by atoms with E-state index >= 15 is 0 Å². The Hall–Kier alpha value is -0.0900. The van der Waals surface area contributed by atoms with E-state index in [0.29, 0.717) is 11.7 Å². The summed E-state index contributed by atoms with van der Waals surface area (Å²) >= 11 is 0. The van der Waals surface area contributed by atoms with E-state index in [-0.39, 0.29) is 17.2 Å². The third-order valence-electron chi connectivity index (χ3n) is 2.92. The van der Waals surface area contributed by atoms with Crippen molar-refractivity contribution in [2.75, 3.05) is 18.1 Å². The zero-order valence-electron chi connectivity index (χ0n) is 12.2. The number of hydrogen-bond acceptors (Lipinski definition) is 3. The summed E-state index contributed by atoms with van der Waals surface area (Å²) in [6.07, 6.45) is 0.755. The molecule has 1 unspecified atom stereocenters. The normalized spacial score (nSPS) is 15.2. The van der Waals surface area contributed by atoms with Crippen LogP contribution in [0.2, 0.25) is 0 Å². The molecule has 0 heterocycles. The van der Waals surface area contributed by atoms with E-state index in [1.54, 1.807) is 0 Å². The fraction of sp³-hybridized carbons (Fsp3) is 1.00. The minimum absolute atomic E-state index is 0.0269. The predicted molar refractivity (Wildman–Crippen MR) is 75.0 cm³/mol. The van der Waals surface area contributed by atoms with Gasteiger partial charge < -0.3 is 5.32 Å². The van der Waals surface area contributed by atoms with Crippen LogP contribution in [0.1, 0.15) is 48.0 Å². The minimum Gasteiger partial charge on any atom is -0.313 e. The van der Waals surface area contributed by atoms with Crippen molar-refractivity contribution >= 4 is 9.84 Å². The Labute approximate surface area is 107 Å². The molecule has 0 saturated heterocycles. The van der Waals surface area contributed by atoms with E-state index in [1.165, 1.54) is 0 Å². The maximum atomic E-state index is 12.0. The van der Waals surface area contributed by atoms with Crippen LogP contribution in [0.25, 0.3) is 0 Å². The highest BCUT2D eigenvalue weighted by Gasteiger charge is 2.28. The summed E-state index contributed by atoms with van der Waals surface area (Å²) in [5, 5.41) is 3.29. The Morgan fingerprint density at radius 3 is 2.06 bits per heavy atom. The first-order valence-corrected chi connectivity index (χ1v) is 8.34. The fourth-order valence-electron chi connectivity index (χ4n) is 1.61. The van der Waals surface area contributed by atoms with Gasteiger partial charge in [-0.1, -0.05) is 41.5 Å². The van der Waals surface area contributed by atoms with Gasteiger partial charge in [-0.25, -0.2) is 8.42 Å². The van der Waals surface area contributed by atoms with Crippen LogP contribution in [0.5, 0.6) is 0 Å². The molecule has 0 fully saturated rings. The average molecular weight is 263 g/mol. The van der Waals surface area contributed by atoms with E-state index in [9.17, 15) is 8.42 Å². The second kappa shape index (κ2) is 6.74.